The van der Waals surface area contributed by atoms with Crippen LogP contribution in [0.3, 0.4) is 0 Å². The number of aliphatic hydroxyl groups is 1. The predicted molar refractivity (Wildman–Crippen MR) is 513 cm³/mol. The number of hydrogen-bond acceptors (Lipinski definition) is 23. The number of nitrogens with zero attached hydrogens (tertiary/aromatic N) is 1. The minimum Gasteiger partial charge on any atom is -0.481 e. The summed E-state index contributed by atoms with van der Waals surface area (Å²) in [5, 5.41) is 71.1. The fourth-order valence-corrected chi connectivity index (χ4v) is 16.7. The van der Waals surface area contributed by atoms with Crippen LogP contribution in [0.5, 0.6) is 0 Å². The molecule has 16 amide bonds. The molecule has 138 heavy (non-hydrogen) atoms. The summed E-state index contributed by atoms with van der Waals surface area (Å²) in [5.41, 5.74) is 21.4. The van der Waals surface area contributed by atoms with Crippen molar-refractivity contribution in [3.05, 3.63) is 161 Å². The number of amides is 16. The fraction of sp³-hybridized carbons (Fsp3) is 0.515. The second-order valence-electron chi connectivity index (χ2n) is 36.2. The quantitative estimate of drug-likeness (QED) is 0.0319. The van der Waals surface area contributed by atoms with Crippen LogP contribution in [0.25, 0.3) is 11.1 Å². The number of benzene rings is 4. The van der Waals surface area contributed by atoms with E-state index in [-0.39, 0.29) is 93.8 Å². The van der Waals surface area contributed by atoms with Crippen molar-refractivity contribution in [1.29, 1.82) is 0 Å². The maximum absolute atomic E-state index is 15.3. The van der Waals surface area contributed by atoms with E-state index in [1.807, 2.05) is 30.3 Å². The number of carboxylic acid groups (broad SMARTS) is 2. The van der Waals surface area contributed by atoms with E-state index in [1.54, 1.807) is 104 Å². The average Bonchev–Trinajstić information content (AvgIpc) is 0.839. The van der Waals surface area contributed by atoms with E-state index in [4.69, 9.17) is 17.2 Å². The SMILES string of the molecule is CC[C@@H]1NC(=O)[C@H](Cc2ccc(-c3ccccc3)cc2)NC(=O)[C@H](C(C)C)NC(=O)[C@H](Cc2cccc(C)c2)NC(=O)[C@H](CC(=O)O)NC(=O)[C@H](Cc2ccc(C(=O)O)cc2)NC(=O)[C@H](Cc2ccncc2)NC(=O)CSC[C@@H](C(=O)N[C@@H](C)C(N)=O)NC(=O)[C@H]([C@@H](C)O)NC(=O)[C@H](C(C)C)NC(=O)[C@H](CC2CCCCC2)NC(=O)[C@H](CCN)NC(=O)[C@@H](CC(C)C)NC(=O)[C@H](CCCN)NC1=O. The second kappa shape index (κ2) is 55.8. The molecule has 24 N–H and O–H groups in total. The molecule has 2 fully saturated rings. The van der Waals surface area contributed by atoms with Gasteiger partial charge in [0.25, 0.3) is 0 Å². The standard InChI is InChI=1S/C97H135N19O21S/c1-11-66-83(122)105-67(26-19-38-98)84(123)107-69(42-52(2)3)86(125)106-68(35-39-99)85(124)108-73(44-58-21-14-12-15-22-58)91(130)115-80(54(6)7)95(134)116-81(57(10)117)96(135)113-76(93(132)102-56(9)82(100)121)50-138-51-77(118)103-70(47-61-36-40-101-41-37-61)87(126)109-71(45-60-29-33-65(34-30-60)97(136)137)89(128)111-75(49-78(119)120)90(129)110-74(48-62-23-18-20-55(8)43-62)92(131)114-79(53(4)5)94(133)112-72(88(127)104-66)46-59-27-31-64(32-28-59)63-24-16-13-17-25-63/h13,16-18,20,23-25,27-34,36-37,40-41,43,52-54,56-58,66-76,79-81,117H,11-12,14-15,19,21-22,26,35,38-39,42,44-51,98-99H2,1-10H3,(H2,100,121)(H,102,132)(H,103,118)(H,104,127)(H,105,122)(H,106,125)(H,107,123)(H,108,124)(H,109,126)(H,110,129)(H,111,128)(H,112,133)(H,113,135)(H,114,131)(H,115,130)(H,116,134)(H,119,120)(H,136,137)/t56-,57+,66-,67-,68-,69+,70-,71-,72-,73-,74-,75-,76-,79-,80-,81-/m0/s1. The Balaban J connectivity index is 1.33. The summed E-state index contributed by atoms with van der Waals surface area (Å²) in [5.74, 6) is -22.2. The van der Waals surface area contributed by atoms with Crippen LogP contribution in [0.2, 0.25) is 0 Å². The van der Waals surface area contributed by atoms with Crippen LogP contribution < -0.4 is 97.0 Å². The van der Waals surface area contributed by atoms with Gasteiger partial charge in [0.15, 0.2) is 0 Å². The average molecular weight is 1940 g/mol. The Hall–Kier alpha value is -13.3. The molecule has 1 aliphatic carbocycles. The van der Waals surface area contributed by atoms with Crippen molar-refractivity contribution in [3.8, 4) is 11.1 Å². The molecule has 0 unspecified atom stereocenters. The highest BCUT2D eigenvalue weighted by molar-refractivity contribution is 8.00. The van der Waals surface area contributed by atoms with Gasteiger partial charge in [0.05, 0.1) is 23.8 Å². The highest BCUT2D eigenvalue weighted by Gasteiger charge is 2.42. The molecule has 5 aromatic rings. The van der Waals surface area contributed by atoms with Gasteiger partial charge in [-0.3, -0.25) is 86.5 Å². The van der Waals surface area contributed by atoms with Gasteiger partial charge in [-0.1, -0.05) is 177 Å². The molecule has 40 nitrogen and oxygen atoms in total. The molecule has 4 aromatic carbocycles. The van der Waals surface area contributed by atoms with Crippen LogP contribution in [0.1, 0.15) is 178 Å². The van der Waals surface area contributed by atoms with Crippen molar-refractivity contribution in [2.75, 3.05) is 24.6 Å². The smallest absolute Gasteiger partial charge is 0.335 e. The first-order valence-corrected chi connectivity index (χ1v) is 47.8. The number of rotatable bonds is 28. The van der Waals surface area contributed by atoms with Crippen LogP contribution in [-0.4, -0.2) is 248 Å². The van der Waals surface area contributed by atoms with Crippen molar-refractivity contribution in [3.63, 3.8) is 0 Å². The molecule has 750 valence electrons. The number of pyridine rings is 1. The molecular formula is C97H135N19O21S. The van der Waals surface area contributed by atoms with Crippen molar-refractivity contribution < 1.29 is 102 Å². The molecule has 0 radical (unpaired) electrons. The van der Waals surface area contributed by atoms with Gasteiger partial charge in [-0.15, -0.1) is 11.8 Å². The third kappa shape index (κ3) is 36.3. The summed E-state index contributed by atoms with van der Waals surface area (Å²) >= 11 is 0.698. The molecule has 16 atom stereocenters. The van der Waals surface area contributed by atoms with Gasteiger partial charge in [-0.25, -0.2) is 4.79 Å². The summed E-state index contributed by atoms with van der Waals surface area (Å²) in [7, 11) is 0. The molecule has 41 heteroatoms. The number of carboxylic acids is 2. The van der Waals surface area contributed by atoms with Gasteiger partial charge in [0.2, 0.25) is 94.5 Å². The molecule has 1 saturated carbocycles. The van der Waals surface area contributed by atoms with Crippen LogP contribution in [-0.2, 0) is 107 Å². The molecular weight excluding hydrogens is 1800 g/mol. The number of aliphatic hydroxyl groups excluding tert-OH is 1. The molecule has 1 aromatic heterocycles. The Morgan fingerprint density at radius 1 is 0.449 bits per heavy atom. The summed E-state index contributed by atoms with van der Waals surface area (Å²) in [4.78, 5) is 265. The Labute approximate surface area is 806 Å². The Morgan fingerprint density at radius 3 is 1.40 bits per heavy atom. The highest BCUT2D eigenvalue weighted by Crippen LogP contribution is 2.29. The van der Waals surface area contributed by atoms with Gasteiger partial charge in [0, 0.05) is 43.8 Å². The molecule has 0 bridgehead atoms. The number of aromatic carboxylic acids is 1. The second-order valence-corrected chi connectivity index (χ2v) is 37.2. The topological polar surface area (TPSA) is 639 Å². The van der Waals surface area contributed by atoms with E-state index >= 15 is 28.8 Å². The normalized spacial score (nSPS) is 24.0. The van der Waals surface area contributed by atoms with E-state index in [2.05, 4.69) is 84.7 Å². The van der Waals surface area contributed by atoms with Gasteiger partial charge in [-0.05, 0) is 154 Å². The number of aliphatic carboxylic acids is 1. The zero-order chi connectivity index (χ0) is 102. The van der Waals surface area contributed by atoms with Crippen LogP contribution in [0.4, 0.5) is 0 Å². The summed E-state index contributed by atoms with van der Waals surface area (Å²) < 4.78 is 0. The highest BCUT2D eigenvalue weighted by atomic mass is 32.2. The number of aryl methyl sites for hydroxylation is 1. The summed E-state index contributed by atoms with van der Waals surface area (Å²) in [6.45, 7) is 15.3. The lowest BCUT2D eigenvalue weighted by Gasteiger charge is -2.31. The van der Waals surface area contributed by atoms with Crippen LogP contribution in [0, 0.1) is 30.6 Å². The maximum Gasteiger partial charge on any atom is 0.335 e. The number of carbonyl (C=O) groups excluding carboxylic acids is 16. The number of aromatic nitrogens is 1. The number of nitrogens with one attached hydrogen (secondary N) is 15. The zero-order valence-corrected chi connectivity index (χ0v) is 80.4. The lowest BCUT2D eigenvalue weighted by molar-refractivity contribution is -0.141. The van der Waals surface area contributed by atoms with E-state index in [0.717, 1.165) is 37.3 Å². The third-order valence-corrected chi connectivity index (χ3v) is 24.7. The number of nitrogens with two attached hydrogens (primary N) is 3. The molecule has 0 spiro atoms. The number of thioether (sulfide) groups is 1. The number of primary amides is 1. The van der Waals surface area contributed by atoms with Gasteiger partial charge in [-0.2, -0.15) is 0 Å². The monoisotopic (exact) mass is 1930 g/mol. The molecule has 2 heterocycles. The van der Waals surface area contributed by atoms with Gasteiger partial charge < -0.3 is 112 Å². The van der Waals surface area contributed by atoms with E-state index in [1.165, 1.54) is 55.7 Å². The maximum atomic E-state index is 15.3. The summed E-state index contributed by atoms with van der Waals surface area (Å²) in [6, 6.07) is 7.19. The first-order chi connectivity index (χ1) is 65.5. The molecule has 7 rings (SSSR count). The zero-order valence-electron chi connectivity index (χ0n) is 79.6. The Bertz CT molecular complexity index is 5010. The minimum absolute atomic E-state index is 0.0271. The summed E-state index contributed by atoms with van der Waals surface area (Å²) in [6.07, 6.45) is 2.00. The van der Waals surface area contributed by atoms with E-state index in [0.29, 0.717) is 46.9 Å². The van der Waals surface area contributed by atoms with Crippen molar-refractivity contribution >= 4 is 118 Å². The van der Waals surface area contributed by atoms with Crippen LogP contribution >= 0.6 is 11.8 Å². The van der Waals surface area contributed by atoms with Crippen LogP contribution in [0.15, 0.2) is 128 Å². The van der Waals surface area contributed by atoms with E-state index in [9.17, 15) is 72.9 Å². The largest absolute Gasteiger partial charge is 0.481 e. The lowest BCUT2D eigenvalue weighted by atomic mass is 9.84. The fourth-order valence-electron chi connectivity index (χ4n) is 15.8. The molecule has 1 aliphatic heterocycles. The first kappa shape index (κ1) is 112. The van der Waals surface area contributed by atoms with E-state index < -0.39 is 239 Å². The van der Waals surface area contributed by atoms with Gasteiger partial charge >= 0.3 is 11.9 Å². The molecule has 1 saturated heterocycles. The number of carbonyl (C=O) groups is 18. The number of hydrogen-bond donors (Lipinski definition) is 21. The minimum atomic E-state index is -2.09. The Kier molecular flexibility index (Phi) is 45.2. The van der Waals surface area contributed by atoms with Gasteiger partial charge in [0.1, 0.15) is 90.6 Å². The van der Waals surface area contributed by atoms with Crippen molar-refractivity contribution in [2.45, 2.75) is 269 Å². The molecule has 2 aliphatic rings. The third-order valence-electron chi connectivity index (χ3n) is 23.6. The van der Waals surface area contributed by atoms with Crippen molar-refractivity contribution in [2.24, 2.45) is 40.9 Å². The lowest BCUT2D eigenvalue weighted by Crippen LogP contribution is -2.63. The Morgan fingerprint density at radius 2 is 0.884 bits per heavy atom. The van der Waals surface area contributed by atoms with Crippen molar-refractivity contribution in [1.82, 2.24) is 84.7 Å². The first-order valence-electron chi connectivity index (χ1n) is 46.7. The predicted octanol–water partition coefficient (Wildman–Crippen LogP) is 0.232.